The Morgan fingerprint density at radius 2 is 2.07 bits per heavy atom. The highest BCUT2D eigenvalue weighted by molar-refractivity contribution is 5.86. The van der Waals surface area contributed by atoms with Gasteiger partial charge in [0, 0.05) is 31.3 Å². The van der Waals surface area contributed by atoms with Crippen LogP contribution in [0.15, 0.2) is 46.4 Å². The Hall–Kier alpha value is -3.48. The summed E-state index contributed by atoms with van der Waals surface area (Å²) in [6.07, 6.45) is 0. The van der Waals surface area contributed by atoms with Gasteiger partial charge >= 0.3 is 0 Å². The molecule has 0 atom stereocenters. The van der Waals surface area contributed by atoms with Crippen LogP contribution in [0, 0.1) is 6.92 Å². The summed E-state index contributed by atoms with van der Waals surface area (Å²) >= 11 is 0. The van der Waals surface area contributed by atoms with Gasteiger partial charge in [-0.2, -0.15) is 0 Å². The van der Waals surface area contributed by atoms with Gasteiger partial charge in [0.25, 0.3) is 0 Å². The van der Waals surface area contributed by atoms with Crippen LogP contribution in [0.5, 0.6) is 0 Å². The van der Waals surface area contributed by atoms with Gasteiger partial charge in [-0.05, 0) is 37.9 Å². The number of aliphatic imine (C=N–C) groups is 2. The van der Waals surface area contributed by atoms with Crippen molar-refractivity contribution in [2.75, 3.05) is 19.0 Å². The van der Waals surface area contributed by atoms with E-state index < -0.39 is 0 Å². The number of hydrogen-bond donors (Lipinski definition) is 1. The number of fused-ring (bicyclic) bond motifs is 1. The third-order valence-electron chi connectivity index (χ3n) is 4.71. The molecule has 0 fully saturated rings. The van der Waals surface area contributed by atoms with Crippen molar-refractivity contribution in [1.29, 1.82) is 0 Å². The lowest BCUT2D eigenvalue weighted by Gasteiger charge is -2.10. The molecule has 0 radical (unpaired) electrons. The number of imidazole rings is 1. The normalized spacial score (nSPS) is 13.2. The summed E-state index contributed by atoms with van der Waals surface area (Å²) in [6, 6.07) is 11.9. The van der Waals surface area contributed by atoms with Gasteiger partial charge in [-0.25, -0.2) is 9.98 Å². The number of rotatable bonds is 4. The minimum Gasteiger partial charge on any atom is -0.484 e. The lowest BCUT2D eigenvalue weighted by Crippen LogP contribution is -1.99. The zero-order valence-corrected chi connectivity index (χ0v) is 16.2. The van der Waals surface area contributed by atoms with Gasteiger partial charge in [0.15, 0.2) is 5.90 Å². The molecule has 0 bridgehead atoms. The van der Waals surface area contributed by atoms with Gasteiger partial charge in [-0.3, -0.25) is 9.98 Å². The molecule has 1 aliphatic heterocycles. The maximum absolute atomic E-state index is 5.21. The number of anilines is 1. The SMILES string of the molecule is C=Nc1ccc(-c2c(-c3cccc(C)n3)nc3n2CCN3)cc1N=C(C)OC. The van der Waals surface area contributed by atoms with Crippen LogP contribution in [0.2, 0.25) is 0 Å². The van der Waals surface area contributed by atoms with Gasteiger partial charge in [0.05, 0.1) is 29.9 Å². The number of pyridine rings is 1. The molecule has 1 N–H and O–H groups in total. The molecule has 0 saturated heterocycles. The van der Waals surface area contributed by atoms with Crippen molar-refractivity contribution in [2.45, 2.75) is 20.4 Å². The maximum atomic E-state index is 5.21. The number of nitrogens with zero attached hydrogens (tertiary/aromatic N) is 5. The Kier molecular flexibility index (Phi) is 4.65. The predicted molar refractivity (Wildman–Crippen MR) is 113 cm³/mol. The van der Waals surface area contributed by atoms with Crippen molar-refractivity contribution in [2.24, 2.45) is 9.98 Å². The first-order valence-corrected chi connectivity index (χ1v) is 9.09. The number of methoxy groups -OCH3 is 1. The molecule has 3 aromatic rings. The van der Waals surface area contributed by atoms with Crippen molar-refractivity contribution in [3.8, 4) is 22.6 Å². The van der Waals surface area contributed by atoms with Gasteiger partial charge in [0.1, 0.15) is 5.69 Å². The average Bonchev–Trinajstić information content (AvgIpc) is 3.29. The van der Waals surface area contributed by atoms with Crippen LogP contribution >= 0.6 is 0 Å². The number of nitrogens with one attached hydrogen (secondary N) is 1. The Bertz CT molecular complexity index is 1080. The molecule has 4 rings (SSSR count). The lowest BCUT2D eigenvalue weighted by atomic mass is 10.1. The summed E-state index contributed by atoms with van der Waals surface area (Å²) < 4.78 is 7.40. The fourth-order valence-electron chi connectivity index (χ4n) is 3.34. The molecule has 0 aliphatic carbocycles. The van der Waals surface area contributed by atoms with Crippen LogP contribution in [0.25, 0.3) is 22.6 Å². The summed E-state index contributed by atoms with van der Waals surface area (Å²) in [5, 5.41) is 3.34. The number of aromatic nitrogens is 3. The maximum Gasteiger partial charge on any atom is 0.204 e. The van der Waals surface area contributed by atoms with Crippen molar-refractivity contribution in [3.63, 3.8) is 0 Å². The van der Waals surface area contributed by atoms with E-state index in [1.54, 1.807) is 7.11 Å². The van der Waals surface area contributed by atoms with E-state index in [-0.39, 0.29) is 0 Å². The molecule has 7 nitrogen and oxygen atoms in total. The predicted octanol–water partition coefficient (Wildman–Crippen LogP) is 4.37. The molecule has 2 aromatic heterocycles. The zero-order chi connectivity index (χ0) is 19.7. The van der Waals surface area contributed by atoms with Crippen molar-refractivity contribution < 1.29 is 4.74 Å². The van der Waals surface area contributed by atoms with Gasteiger partial charge in [0.2, 0.25) is 5.95 Å². The van der Waals surface area contributed by atoms with Crippen LogP contribution in [-0.2, 0) is 11.3 Å². The van der Waals surface area contributed by atoms with Crippen LogP contribution in [-0.4, -0.2) is 40.8 Å². The molecule has 0 unspecified atom stereocenters. The molecule has 28 heavy (non-hydrogen) atoms. The fraction of sp³-hybridized carbons (Fsp3) is 0.238. The minimum absolute atomic E-state index is 0.558. The second-order valence-electron chi connectivity index (χ2n) is 6.57. The minimum atomic E-state index is 0.558. The molecule has 1 aliphatic rings. The third kappa shape index (κ3) is 3.15. The Morgan fingerprint density at radius 3 is 2.82 bits per heavy atom. The first-order chi connectivity index (χ1) is 13.6. The highest BCUT2D eigenvalue weighted by Gasteiger charge is 2.24. The van der Waals surface area contributed by atoms with E-state index in [2.05, 4.69) is 31.6 Å². The molecule has 1 aromatic carbocycles. The monoisotopic (exact) mass is 374 g/mol. The molecule has 142 valence electrons. The summed E-state index contributed by atoms with van der Waals surface area (Å²) in [7, 11) is 1.60. The number of aryl methyl sites for hydroxylation is 1. The smallest absolute Gasteiger partial charge is 0.204 e. The van der Waals surface area contributed by atoms with E-state index in [1.807, 2.05) is 50.2 Å². The fourth-order valence-corrected chi connectivity index (χ4v) is 3.34. The lowest BCUT2D eigenvalue weighted by molar-refractivity contribution is 0.400. The summed E-state index contributed by atoms with van der Waals surface area (Å²) in [5.74, 6) is 1.42. The van der Waals surface area contributed by atoms with E-state index in [9.17, 15) is 0 Å². The van der Waals surface area contributed by atoms with E-state index >= 15 is 0 Å². The van der Waals surface area contributed by atoms with Crippen LogP contribution < -0.4 is 5.32 Å². The van der Waals surface area contributed by atoms with Gasteiger partial charge < -0.3 is 14.6 Å². The van der Waals surface area contributed by atoms with Crippen LogP contribution in [0.3, 0.4) is 0 Å². The summed E-state index contributed by atoms with van der Waals surface area (Å²) in [6.45, 7) is 9.15. The highest BCUT2D eigenvalue weighted by Crippen LogP contribution is 2.39. The average molecular weight is 374 g/mol. The first kappa shape index (κ1) is 17.9. The van der Waals surface area contributed by atoms with Crippen LogP contribution in [0.1, 0.15) is 12.6 Å². The van der Waals surface area contributed by atoms with E-state index in [0.717, 1.165) is 47.4 Å². The largest absolute Gasteiger partial charge is 0.484 e. The van der Waals surface area contributed by atoms with Crippen LogP contribution in [0.4, 0.5) is 17.3 Å². The van der Waals surface area contributed by atoms with Crippen molar-refractivity contribution in [3.05, 3.63) is 42.1 Å². The summed E-state index contributed by atoms with van der Waals surface area (Å²) in [4.78, 5) is 18.1. The highest BCUT2D eigenvalue weighted by atomic mass is 16.5. The van der Waals surface area contributed by atoms with E-state index in [4.69, 9.17) is 9.72 Å². The number of ether oxygens (including phenoxy) is 1. The number of hydrogen-bond acceptors (Lipinski definition) is 6. The molecule has 7 heteroatoms. The first-order valence-electron chi connectivity index (χ1n) is 9.09. The van der Waals surface area contributed by atoms with Gasteiger partial charge in [-0.15, -0.1) is 0 Å². The second kappa shape index (κ2) is 7.26. The number of benzene rings is 1. The zero-order valence-electron chi connectivity index (χ0n) is 16.2. The second-order valence-corrected chi connectivity index (χ2v) is 6.57. The van der Waals surface area contributed by atoms with Crippen molar-refractivity contribution in [1.82, 2.24) is 14.5 Å². The molecule has 0 spiro atoms. The Labute approximate surface area is 163 Å². The molecular weight excluding hydrogens is 352 g/mol. The molecule has 0 amide bonds. The topological polar surface area (TPSA) is 76.7 Å². The molecular formula is C21H22N6O. The third-order valence-corrected chi connectivity index (χ3v) is 4.71. The Balaban J connectivity index is 1.92. The van der Waals surface area contributed by atoms with E-state index in [1.165, 1.54) is 0 Å². The molecule has 3 heterocycles. The standard InChI is InChI=1S/C21H22N6O/c1-13-6-5-7-17(24-13)19-20(27-11-10-23-21(27)26-19)15-8-9-16(22-3)18(12-15)25-14(2)28-4/h5-9,12H,3,10-11H2,1-2,4H3,(H,23,26). The van der Waals surface area contributed by atoms with Crippen molar-refractivity contribution >= 4 is 29.9 Å². The van der Waals surface area contributed by atoms with E-state index in [0.29, 0.717) is 17.3 Å². The summed E-state index contributed by atoms with van der Waals surface area (Å²) in [5.41, 5.74) is 6.07. The Morgan fingerprint density at radius 1 is 1.21 bits per heavy atom. The quantitative estimate of drug-likeness (QED) is 0.543. The van der Waals surface area contributed by atoms with Gasteiger partial charge in [-0.1, -0.05) is 12.1 Å². The molecule has 0 saturated carbocycles.